The van der Waals surface area contributed by atoms with Crippen molar-refractivity contribution in [3.63, 3.8) is 0 Å². The van der Waals surface area contributed by atoms with Crippen molar-refractivity contribution < 1.29 is 14.3 Å². The number of rotatable bonds is 7. The van der Waals surface area contributed by atoms with Crippen LogP contribution in [0.2, 0.25) is 0 Å². The number of amides is 2. The van der Waals surface area contributed by atoms with Crippen molar-refractivity contribution in [2.24, 2.45) is 5.92 Å². The molecule has 29 heavy (non-hydrogen) atoms. The van der Waals surface area contributed by atoms with Gasteiger partial charge in [0.15, 0.2) is 6.61 Å². The Morgan fingerprint density at radius 2 is 1.83 bits per heavy atom. The molecule has 1 aliphatic heterocycles. The third-order valence-corrected chi connectivity index (χ3v) is 5.21. The maximum Gasteiger partial charge on any atom is 0.260 e. The first-order valence-corrected chi connectivity index (χ1v) is 10.4. The summed E-state index contributed by atoms with van der Waals surface area (Å²) in [4.78, 5) is 26.4. The Hall–Kier alpha value is -2.82. The Labute approximate surface area is 173 Å². The molecule has 0 spiro atoms. The molecule has 1 heterocycles. The molecule has 5 nitrogen and oxygen atoms in total. The quantitative estimate of drug-likeness (QED) is 0.783. The van der Waals surface area contributed by atoms with Crippen LogP contribution >= 0.6 is 0 Å². The van der Waals surface area contributed by atoms with Crippen LogP contribution in [0.3, 0.4) is 0 Å². The fourth-order valence-corrected chi connectivity index (χ4v) is 3.53. The number of piperidine rings is 1. The number of para-hydroxylation sites is 1. The zero-order valence-corrected chi connectivity index (χ0v) is 17.3. The topological polar surface area (TPSA) is 58.6 Å². The van der Waals surface area contributed by atoms with Crippen LogP contribution in [0.1, 0.15) is 37.8 Å². The number of hydrogen-bond donors (Lipinski definition) is 1. The second-order valence-electron chi connectivity index (χ2n) is 7.90. The van der Waals surface area contributed by atoms with Crippen molar-refractivity contribution in [1.29, 1.82) is 0 Å². The lowest BCUT2D eigenvalue weighted by Crippen LogP contribution is -2.51. The summed E-state index contributed by atoms with van der Waals surface area (Å²) >= 11 is 0. The van der Waals surface area contributed by atoms with E-state index in [0.29, 0.717) is 13.1 Å². The second kappa shape index (κ2) is 10.1. The zero-order valence-electron chi connectivity index (χ0n) is 17.3. The summed E-state index contributed by atoms with van der Waals surface area (Å²) in [5, 5.41) is 3.04. The van der Waals surface area contributed by atoms with E-state index in [9.17, 15) is 9.59 Å². The summed E-state index contributed by atoms with van der Waals surface area (Å²) in [5.41, 5.74) is 2.27. The van der Waals surface area contributed by atoms with Gasteiger partial charge in [-0.05, 0) is 30.0 Å². The van der Waals surface area contributed by atoms with E-state index in [2.05, 4.69) is 17.4 Å². The van der Waals surface area contributed by atoms with Crippen LogP contribution < -0.4 is 10.1 Å². The first kappa shape index (κ1) is 20.9. The van der Waals surface area contributed by atoms with Crippen molar-refractivity contribution >= 4 is 11.8 Å². The Morgan fingerprint density at radius 3 is 2.59 bits per heavy atom. The fourth-order valence-electron chi connectivity index (χ4n) is 3.53. The van der Waals surface area contributed by atoms with E-state index < -0.39 is 0 Å². The molecule has 3 rings (SSSR count). The van der Waals surface area contributed by atoms with Gasteiger partial charge >= 0.3 is 0 Å². The van der Waals surface area contributed by atoms with Crippen molar-refractivity contribution in [1.82, 2.24) is 10.2 Å². The molecule has 5 heteroatoms. The maximum atomic E-state index is 12.7. The Bertz CT molecular complexity index is 820. The number of nitrogens with one attached hydrogen (secondary N) is 1. The van der Waals surface area contributed by atoms with Crippen molar-refractivity contribution in [2.75, 3.05) is 19.7 Å². The predicted molar refractivity (Wildman–Crippen MR) is 114 cm³/mol. The minimum Gasteiger partial charge on any atom is -0.483 e. The monoisotopic (exact) mass is 394 g/mol. The van der Waals surface area contributed by atoms with E-state index in [1.165, 1.54) is 5.56 Å². The Balaban J connectivity index is 1.56. The lowest BCUT2D eigenvalue weighted by molar-refractivity contribution is -0.135. The molecule has 1 unspecified atom stereocenters. The average molecular weight is 395 g/mol. The SMILES string of the molecule is CC(C)C(=O)NC1CCCN(C(=O)COc2ccccc2Cc2ccccc2)C1. The molecule has 0 bridgehead atoms. The number of benzene rings is 2. The molecule has 0 aliphatic carbocycles. The van der Waals surface area contributed by atoms with Gasteiger partial charge in [-0.3, -0.25) is 9.59 Å². The summed E-state index contributed by atoms with van der Waals surface area (Å²) in [6.07, 6.45) is 2.56. The van der Waals surface area contributed by atoms with E-state index in [1.54, 1.807) is 4.90 Å². The smallest absolute Gasteiger partial charge is 0.260 e. The van der Waals surface area contributed by atoms with Crippen LogP contribution in [0.4, 0.5) is 0 Å². The van der Waals surface area contributed by atoms with Gasteiger partial charge in [0.05, 0.1) is 0 Å². The molecule has 0 aromatic heterocycles. The van der Waals surface area contributed by atoms with Crippen LogP contribution in [0.25, 0.3) is 0 Å². The fraction of sp³-hybridized carbons (Fsp3) is 0.417. The second-order valence-corrected chi connectivity index (χ2v) is 7.90. The summed E-state index contributed by atoms with van der Waals surface area (Å²) < 4.78 is 5.90. The van der Waals surface area contributed by atoms with Crippen LogP contribution in [0, 0.1) is 5.92 Å². The molecule has 2 aromatic rings. The number of nitrogens with zero attached hydrogens (tertiary/aromatic N) is 1. The molecule has 154 valence electrons. The van der Waals surface area contributed by atoms with Gasteiger partial charge in [0.2, 0.25) is 5.91 Å². The molecule has 2 amide bonds. The molecule has 1 aliphatic rings. The number of ether oxygens (including phenoxy) is 1. The van der Waals surface area contributed by atoms with E-state index >= 15 is 0 Å². The highest BCUT2D eigenvalue weighted by atomic mass is 16.5. The van der Waals surface area contributed by atoms with Gasteiger partial charge in [-0.2, -0.15) is 0 Å². The molecule has 1 fully saturated rings. The highest BCUT2D eigenvalue weighted by molar-refractivity contribution is 5.79. The van der Waals surface area contributed by atoms with E-state index in [0.717, 1.165) is 30.6 Å². The Kier molecular flexibility index (Phi) is 7.28. The third-order valence-electron chi connectivity index (χ3n) is 5.21. The summed E-state index contributed by atoms with van der Waals surface area (Å²) in [7, 11) is 0. The molecule has 1 N–H and O–H groups in total. The van der Waals surface area contributed by atoms with Crippen molar-refractivity contribution in [3.05, 3.63) is 65.7 Å². The van der Waals surface area contributed by atoms with Gasteiger partial charge in [-0.25, -0.2) is 0 Å². The van der Waals surface area contributed by atoms with Crippen molar-refractivity contribution in [3.8, 4) is 5.75 Å². The predicted octanol–water partition coefficient (Wildman–Crippen LogP) is 3.42. The standard InChI is InChI=1S/C24H30N2O3/c1-18(2)24(28)25-21-12-8-14-26(16-21)23(27)17-29-22-13-7-6-11-20(22)15-19-9-4-3-5-10-19/h3-7,9-11,13,18,21H,8,12,14-17H2,1-2H3,(H,25,28). The molecule has 1 saturated heterocycles. The molecule has 1 atom stereocenters. The molecular weight excluding hydrogens is 364 g/mol. The van der Waals surface area contributed by atoms with Gasteiger partial charge < -0.3 is 15.0 Å². The molecule has 0 radical (unpaired) electrons. The number of likely N-dealkylation sites (tertiary alicyclic amines) is 1. The minimum absolute atomic E-state index is 0.0106. The maximum absolute atomic E-state index is 12.7. The normalized spacial score (nSPS) is 16.5. The lowest BCUT2D eigenvalue weighted by atomic mass is 10.0. The lowest BCUT2D eigenvalue weighted by Gasteiger charge is -2.33. The van der Waals surface area contributed by atoms with Crippen molar-refractivity contribution in [2.45, 2.75) is 39.2 Å². The van der Waals surface area contributed by atoms with Crippen LogP contribution in [0.5, 0.6) is 5.75 Å². The van der Waals surface area contributed by atoms with E-state index in [4.69, 9.17) is 4.74 Å². The summed E-state index contributed by atoms with van der Waals surface area (Å²) in [5.74, 6) is 0.690. The number of carbonyl (C=O) groups is 2. The summed E-state index contributed by atoms with van der Waals surface area (Å²) in [6, 6.07) is 18.1. The number of hydrogen-bond acceptors (Lipinski definition) is 3. The molecule has 0 saturated carbocycles. The van der Waals surface area contributed by atoms with Gasteiger partial charge in [0, 0.05) is 31.5 Å². The van der Waals surface area contributed by atoms with Gasteiger partial charge in [0.1, 0.15) is 5.75 Å². The average Bonchev–Trinajstić information content (AvgIpc) is 2.73. The van der Waals surface area contributed by atoms with Crippen LogP contribution in [-0.4, -0.2) is 42.5 Å². The third kappa shape index (κ3) is 6.08. The highest BCUT2D eigenvalue weighted by Gasteiger charge is 2.25. The van der Waals surface area contributed by atoms with E-state index in [-0.39, 0.29) is 30.4 Å². The Morgan fingerprint density at radius 1 is 1.10 bits per heavy atom. The zero-order chi connectivity index (χ0) is 20.6. The first-order valence-electron chi connectivity index (χ1n) is 10.4. The minimum atomic E-state index is -0.0504. The summed E-state index contributed by atoms with van der Waals surface area (Å²) in [6.45, 7) is 5.02. The van der Waals surface area contributed by atoms with Crippen LogP contribution in [-0.2, 0) is 16.0 Å². The van der Waals surface area contributed by atoms with E-state index in [1.807, 2.05) is 56.3 Å². The van der Waals surface area contributed by atoms with Gasteiger partial charge in [-0.15, -0.1) is 0 Å². The number of carbonyl (C=O) groups excluding carboxylic acids is 2. The molecular formula is C24H30N2O3. The van der Waals surface area contributed by atoms with Gasteiger partial charge in [0.25, 0.3) is 5.91 Å². The largest absolute Gasteiger partial charge is 0.483 e. The molecule has 2 aromatic carbocycles. The first-order chi connectivity index (χ1) is 14.0. The van der Waals surface area contributed by atoms with Gasteiger partial charge in [-0.1, -0.05) is 62.4 Å². The van der Waals surface area contributed by atoms with Crippen LogP contribution in [0.15, 0.2) is 54.6 Å². The highest BCUT2D eigenvalue weighted by Crippen LogP contribution is 2.22.